The van der Waals surface area contributed by atoms with Gasteiger partial charge in [0.25, 0.3) is 0 Å². The van der Waals surface area contributed by atoms with Crippen molar-refractivity contribution in [2.24, 2.45) is 0 Å². The Hall–Kier alpha value is -3.03. The molecule has 0 N–H and O–H groups in total. The molecule has 2 aliphatic heterocycles. The van der Waals surface area contributed by atoms with Crippen molar-refractivity contribution in [3.05, 3.63) is 82.4 Å². The van der Waals surface area contributed by atoms with Crippen LogP contribution in [0.5, 0.6) is 17.2 Å². The number of ether oxygens (including phenoxy) is 2. The monoisotopic (exact) mass is 479 g/mol. The van der Waals surface area contributed by atoms with E-state index >= 15 is 0 Å². The molecule has 0 radical (unpaired) electrons. The molecule has 7 heteroatoms. The summed E-state index contributed by atoms with van der Waals surface area (Å²) in [4.78, 5) is 2.52. The molecule has 3 aromatic rings. The Balaban J connectivity index is 1.54. The highest BCUT2D eigenvalue weighted by molar-refractivity contribution is 7.87. The van der Waals surface area contributed by atoms with Crippen molar-refractivity contribution in [2.45, 2.75) is 43.7 Å². The van der Waals surface area contributed by atoms with E-state index in [0.29, 0.717) is 12.3 Å². The maximum absolute atomic E-state index is 13.0. The zero-order chi connectivity index (χ0) is 23.9. The molecule has 2 heterocycles. The van der Waals surface area contributed by atoms with Crippen molar-refractivity contribution in [2.75, 3.05) is 20.8 Å². The van der Waals surface area contributed by atoms with E-state index in [-0.39, 0.29) is 16.7 Å². The molecule has 0 bridgehead atoms. The van der Waals surface area contributed by atoms with Gasteiger partial charge in [-0.05, 0) is 65.8 Å². The molecular weight excluding hydrogens is 450 g/mol. The van der Waals surface area contributed by atoms with Gasteiger partial charge in [0.1, 0.15) is 10.6 Å². The van der Waals surface area contributed by atoms with Crippen LogP contribution < -0.4 is 13.7 Å². The van der Waals surface area contributed by atoms with E-state index in [1.54, 1.807) is 31.4 Å². The Labute approximate surface area is 201 Å². The van der Waals surface area contributed by atoms with Crippen molar-refractivity contribution in [1.82, 2.24) is 4.90 Å². The van der Waals surface area contributed by atoms with Crippen LogP contribution in [0, 0.1) is 0 Å². The van der Waals surface area contributed by atoms with Crippen LogP contribution in [-0.2, 0) is 35.9 Å². The SMILES string of the molecule is CCc1cc2c(cc1OC)C1Cc3ccc(OC)c(OS(=O)(=O)c4ccccc4)c3CN1CC2. The van der Waals surface area contributed by atoms with Gasteiger partial charge in [0.2, 0.25) is 0 Å². The summed E-state index contributed by atoms with van der Waals surface area (Å²) in [6, 6.07) is 16.7. The van der Waals surface area contributed by atoms with Gasteiger partial charge < -0.3 is 13.7 Å². The second-order valence-electron chi connectivity index (χ2n) is 8.74. The molecule has 0 saturated heterocycles. The lowest BCUT2D eigenvalue weighted by molar-refractivity contribution is 0.158. The third-order valence-electron chi connectivity index (χ3n) is 6.93. The van der Waals surface area contributed by atoms with Crippen molar-refractivity contribution in [3.63, 3.8) is 0 Å². The highest BCUT2D eigenvalue weighted by Gasteiger charge is 2.36. The topological polar surface area (TPSA) is 65.1 Å². The van der Waals surface area contributed by atoms with E-state index in [9.17, 15) is 8.42 Å². The summed E-state index contributed by atoms with van der Waals surface area (Å²) in [6.07, 6.45) is 2.65. The molecule has 1 unspecified atom stereocenters. The summed E-state index contributed by atoms with van der Waals surface area (Å²) in [7, 11) is -0.734. The number of nitrogens with zero attached hydrogens (tertiary/aromatic N) is 1. The van der Waals surface area contributed by atoms with Crippen LogP contribution in [0.1, 0.15) is 40.8 Å². The fraction of sp³-hybridized carbons (Fsp3) is 0.333. The summed E-state index contributed by atoms with van der Waals surface area (Å²) in [5.74, 6) is 1.64. The first kappa shape index (κ1) is 22.7. The molecule has 178 valence electrons. The van der Waals surface area contributed by atoms with E-state index in [1.165, 1.54) is 35.9 Å². The van der Waals surface area contributed by atoms with E-state index in [1.807, 2.05) is 6.07 Å². The summed E-state index contributed by atoms with van der Waals surface area (Å²) < 4.78 is 43.0. The summed E-state index contributed by atoms with van der Waals surface area (Å²) >= 11 is 0. The number of hydrogen-bond acceptors (Lipinski definition) is 6. The average molecular weight is 480 g/mol. The third kappa shape index (κ3) is 3.93. The molecule has 0 amide bonds. The molecule has 6 nitrogen and oxygen atoms in total. The van der Waals surface area contributed by atoms with E-state index < -0.39 is 10.1 Å². The molecule has 3 aromatic carbocycles. The van der Waals surface area contributed by atoms with Crippen molar-refractivity contribution in [1.29, 1.82) is 0 Å². The number of hydrogen-bond donors (Lipinski definition) is 0. The number of benzene rings is 3. The van der Waals surface area contributed by atoms with Gasteiger partial charge in [-0.3, -0.25) is 4.90 Å². The Morgan fingerprint density at radius 1 is 0.971 bits per heavy atom. The molecular formula is C27H29NO5S. The zero-order valence-corrected chi connectivity index (χ0v) is 20.5. The number of methoxy groups -OCH3 is 2. The van der Waals surface area contributed by atoms with Crippen molar-refractivity contribution in [3.8, 4) is 17.2 Å². The van der Waals surface area contributed by atoms with Crippen LogP contribution in [0.25, 0.3) is 0 Å². The fourth-order valence-electron chi connectivity index (χ4n) is 5.15. The molecule has 0 fully saturated rings. The fourth-order valence-corrected chi connectivity index (χ4v) is 6.14. The van der Waals surface area contributed by atoms with Gasteiger partial charge in [0.05, 0.1) is 14.2 Å². The minimum atomic E-state index is -3.99. The van der Waals surface area contributed by atoms with Crippen LogP contribution in [0.3, 0.4) is 0 Å². The standard InChI is InChI=1S/C27H29NO5S/c1-4-18-14-20-12-13-28-17-23-19(15-24(28)22(20)16-26(18)32-3)10-11-25(31-2)27(23)33-34(29,30)21-8-6-5-7-9-21/h5-11,14,16,24H,4,12-13,15,17H2,1-3H3. The predicted molar refractivity (Wildman–Crippen MR) is 130 cm³/mol. The van der Waals surface area contributed by atoms with E-state index in [2.05, 4.69) is 24.0 Å². The maximum atomic E-state index is 13.0. The number of rotatable bonds is 6. The van der Waals surface area contributed by atoms with Gasteiger partial charge in [-0.1, -0.05) is 37.3 Å². The predicted octanol–water partition coefficient (Wildman–Crippen LogP) is 4.69. The van der Waals surface area contributed by atoms with Gasteiger partial charge in [-0.15, -0.1) is 0 Å². The second-order valence-corrected chi connectivity index (χ2v) is 10.3. The van der Waals surface area contributed by atoms with Gasteiger partial charge in [0.15, 0.2) is 11.5 Å². The first-order valence-corrected chi connectivity index (χ1v) is 13.0. The molecule has 0 aromatic heterocycles. The molecule has 2 aliphatic rings. The third-order valence-corrected chi connectivity index (χ3v) is 8.17. The minimum absolute atomic E-state index is 0.120. The lowest BCUT2D eigenvalue weighted by Crippen LogP contribution is -2.39. The summed E-state index contributed by atoms with van der Waals surface area (Å²) in [6.45, 7) is 3.64. The van der Waals surface area contributed by atoms with Crippen LogP contribution in [-0.4, -0.2) is 34.1 Å². The minimum Gasteiger partial charge on any atom is -0.496 e. The largest absolute Gasteiger partial charge is 0.496 e. The first-order chi connectivity index (χ1) is 16.4. The molecule has 0 spiro atoms. The average Bonchev–Trinajstić information content (AvgIpc) is 2.87. The highest BCUT2D eigenvalue weighted by Crippen LogP contribution is 2.45. The molecule has 5 rings (SSSR count). The lowest BCUT2D eigenvalue weighted by atomic mass is 9.83. The van der Waals surface area contributed by atoms with Gasteiger partial charge in [-0.25, -0.2) is 0 Å². The number of fused-ring (bicyclic) bond motifs is 4. The first-order valence-electron chi connectivity index (χ1n) is 11.6. The second kappa shape index (κ2) is 8.96. The normalized spacial score (nSPS) is 17.3. The van der Waals surface area contributed by atoms with Gasteiger partial charge in [0, 0.05) is 24.7 Å². The molecule has 0 saturated carbocycles. The van der Waals surface area contributed by atoms with Crippen molar-refractivity contribution >= 4 is 10.1 Å². The van der Waals surface area contributed by atoms with Gasteiger partial charge in [-0.2, -0.15) is 8.42 Å². The Morgan fingerprint density at radius 3 is 2.44 bits per heavy atom. The molecule has 34 heavy (non-hydrogen) atoms. The van der Waals surface area contributed by atoms with Crippen LogP contribution in [0.4, 0.5) is 0 Å². The van der Waals surface area contributed by atoms with Gasteiger partial charge >= 0.3 is 10.1 Å². The summed E-state index contributed by atoms with van der Waals surface area (Å²) in [5.41, 5.74) is 5.85. The lowest BCUT2D eigenvalue weighted by Gasteiger charge is -2.42. The number of aryl methyl sites for hydroxylation is 1. The molecule has 0 aliphatic carbocycles. The molecule has 1 atom stereocenters. The highest BCUT2D eigenvalue weighted by atomic mass is 32.2. The Bertz CT molecular complexity index is 1320. The zero-order valence-electron chi connectivity index (χ0n) is 19.7. The van der Waals surface area contributed by atoms with Crippen LogP contribution >= 0.6 is 0 Å². The summed E-state index contributed by atoms with van der Waals surface area (Å²) in [5, 5.41) is 0. The van der Waals surface area contributed by atoms with Crippen LogP contribution in [0.15, 0.2) is 59.5 Å². The van der Waals surface area contributed by atoms with Crippen LogP contribution in [0.2, 0.25) is 0 Å². The Kier molecular flexibility index (Phi) is 6.00. The Morgan fingerprint density at radius 2 is 1.74 bits per heavy atom. The van der Waals surface area contributed by atoms with Crippen molar-refractivity contribution < 1.29 is 22.1 Å². The van der Waals surface area contributed by atoms with E-state index in [4.69, 9.17) is 13.7 Å². The van der Waals surface area contributed by atoms with E-state index in [0.717, 1.165) is 42.7 Å². The maximum Gasteiger partial charge on any atom is 0.339 e. The quantitative estimate of drug-likeness (QED) is 0.478. The smallest absolute Gasteiger partial charge is 0.339 e.